The standard InChI is InChI=1S/C21H22N2O4/c1-15-19(22-21(27-15)17-6-4-3-5-7-17)14-26-18-10-8-16(9-11-18)12-23(2)13-20(24)25/h3-11H,12-14H2,1-2H3,(H,24,25). The highest BCUT2D eigenvalue weighted by molar-refractivity contribution is 5.69. The summed E-state index contributed by atoms with van der Waals surface area (Å²) < 4.78 is 11.6. The largest absolute Gasteiger partial charge is 0.487 e. The number of hydrogen-bond donors (Lipinski definition) is 1. The van der Waals surface area contributed by atoms with Gasteiger partial charge in [-0.25, -0.2) is 4.98 Å². The summed E-state index contributed by atoms with van der Waals surface area (Å²) in [6.45, 7) is 2.77. The molecule has 1 aromatic heterocycles. The molecule has 0 amide bonds. The molecule has 0 atom stereocenters. The normalized spacial score (nSPS) is 10.9. The second-order valence-corrected chi connectivity index (χ2v) is 6.39. The predicted octanol–water partition coefficient (Wildman–Crippen LogP) is 3.75. The van der Waals surface area contributed by atoms with Crippen LogP contribution in [0.25, 0.3) is 11.5 Å². The van der Waals surface area contributed by atoms with E-state index in [-0.39, 0.29) is 6.54 Å². The molecule has 0 saturated carbocycles. The number of likely N-dealkylation sites (N-methyl/N-ethyl adjacent to an activating group) is 1. The van der Waals surface area contributed by atoms with Crippen molar-refractivity contribution in [3.05, 3.63) is 71.6 Å². The van der Waals surface area contributed by atoms with Crippen LogP contribution in [0.1, 0.15) is 17.0 Å². The van der Waals surface area contributed by atoms with Crippen molar-refractivity contribution in [3.63, 3.8) is 0 Å². The maximum absolute atomic E-state index is 10.7. The third kappa shape index (κ3) is 5.18. The Balaban J connectivity index is 1.59. The fourth-order valence-electron chi connectivity index (χ4n) is 2.71. The Kier molecular flexibility index (Phi) is 5.88. The fourth-order valence-corrected chi connectivity index (χ4v) is 2.71. The lowest BCUT2D eigenvalue weighted by molar-refractivity contribution is -0.138. The molecule has 0 aliphatic carbocycles. The van der Waals surface area contributed by atoms with Gasteiger partial charge < -0.3 is 14.3 Å². The van der Waals surface area contributed by atoms with Gasteiger partial charge in [-0.3, -0.25) is 9.69 Å². The summed E-state index contributed by atoms with van der Waals surface area (Å²) in [6.07, 6.45) is 0. The summed E-state index contributed by atoms with van der Waals surface area (Å²) in [5.41, 5.74) is 2.72. The molecule has 0 radical (unpaired) electrons. The van der Waals surface area contributed by atoms with Crippen LogP contribution < -0.4 is 4.74 Å². The third-order valence-corrected chi connectivity index (χ3v) is 4.07. The molecule has 6 nitrogen and oxygen atoms in total. The smallest absolute Gasteiger partial charge is 0.317 e. The number of hydrogen-bond acceptors (Lipinski definition) is 5. The second-order valence-electron chi connectivity index (χ2n) is 6.39. The molecule has 3 rings (SSSR count). The van der Waals surface area contributed by atoms with Crippen molar-refractivity contribution in [2.24, 2.45) is 0 Å². The van der Waals surface area contributed by atoms with E-state index < -0.39 is 5.97 Å². The maximum Gasteiger partial charge on any atom is 0.317 e. The lowest BCUT2D eigenvalue weighted by Gasteiger charge is -2.14. The molecule has 2 aromatic carbocycles. The van der Waals surface area contributed by atoms with Gasteiger partial charge in [0.15, 0.2) is 0 Å². The molecule has 1 heterocycles. The molecule has 27 heavy (non-hydrogen) atoms. The zero-order chi connectivity index (χ0) is 19.2. The first-order valence-corrected chi connectivity index (χ1v) is 8.65. The molecule has 140 valence electrons. The zero-order valence-electron chi connectivity index (χ0n) is 15.4. The first-order chi connectivity index (χ1) is 13.0. The quantitative estimate of drug-likeness (QED) is 0.654. The SMILES string of the molecule is Cc1oc(-c2ccccc2)nc1COc1ccc(CN(C)CC(=O)O)cc1. The van der Waals surface area contributed by atoms with Crippen molar-refractivity contribution in [1.82, 2.24) is 9.88 Å². The molecule has 0 saturated heterocycles. The number of oxazole rings is 1. The number of aryl methyl sites for hydroxylation is 1. The number of nitrogens with zero attached hydrogens (tertiary/aromatic N) is 2. The van der Waals surface area contributed by atoms with Gasteiger partial charge in [0.05, 0.1) is 6.54 Å². The van der Waals surface area contributed by atoms with Crippen LogP contribution in [0.2, 0.25) is 0 Å². The van der Waals surface area contributed by atoms with Crippen LogP contribution >= 0.6 is 0 Å². The van der Waals surface area contributed by atoms with E-state index in [1.54, 1.807) is 11.9 Å². The maximum atomic E-state index is 10.7. The minimum atomic E-state index is -0.838. The Bertz CT molecular complexity index is 888. The molecule has 0 unspecified atom stereocenters. The van der Waals surface area contributed by atoms with Gasteiger partial charge in [-0.15, -0.1) is 0 Å². The van der Waals surface area contributed by atoms with Crippen LogP contribution in [0, 0.1) is 6.92 Å². The van der Waals surface area contributed by atoms with Crippen molar-refractivity contribution in [2.45, 2.75) is 20.1 Å². The molecule has 6 heteroatoms. The number of aliphatic carboxylic acids is 1. The van der Waals surface area contributed by atoms with Gasteiger partial charge in [0.25, 0.3) is 0 Å². The molecule has 0 spiro atoms. The zero-order valence-corrected chi connectivity index (χ0v) is 15.4. The minimum absolute atomic E-state index is 0.00738. The highest BCUT2D eigenvalue weighted by atomic mass is 16.5. The van der Waals surface area contributed by atoms with E-state index in [0.29, 0.717) is 19.0 Å². The molecule has 0 aliphatic rings. The van der Waals surface area contributed by atoms with Crippen LogP contribution in [-0.2, 0) is 17.9 Å². The Morgan fingerprint density at radius 2 is 1.85 bits per heavy atom. The van der Waals surface area contributed by atoms with Crippen molar-refractivity contribution >= 4 is 5.97 Å². The van der Waals surface area contributed by atoms with E-state index in [9.17, 15) is 4.79 Å². The highest BCUT2D eigenvalue weighted by Crippen LogP contribution is 2.22. The monoisotopic (exact) mass is 366 g/mol. The summed E-state index contributed by atoms with van der Waals surface area (Å²) >= 11 is 0. The van der Waals surface area contributed by atoms with Gasteiger partial charge in [-0.05, 0) is 43.8 Å². The molecular formula is C21H22N2O4. The number of benzene rings is 2. The van der Waals surface area contributed by atoms with E-state index in [1.807, 2.05) is 61.5 Å². The van der Waals surface area contributed by atoms with Crippen molar-refractivity contribution in [2.75, 3.05) is 13.6 Å². The van der Waals surface area contributed by atoms with E-state index in [1.165, 1.54) is 0 Å². The Hall–Kier alpha value is -3.12. The topological polar surface area (TPSA) is 75.8 Å². The number of carbonyl (C=O) groups is 1. The first-order valence-electron chi connectivity index (χ1n) is 8.65. The number of carboxylic acids is 1. The first kappa shape index (κ1) is 18.7. The van der Waals surface area contributed by atoms with Gasteiger partial charge >= 0.3 is 5.97 Å². The van der Waals surface area contributed by atoms with E-state index in [2.05, 4.69) is 4.98 Å². The van der Waals surface area contributed by atoms with Crippen LogP contribution in [0.5, 0.6) is 5.75 Å². The van der Waals surface area contributed by atoms with Crippen molar-refractivity contribution in [3.8, 4) is 17.2 Å². The third-order valence-electron chi connectivity index (χ3n) is 4.07. The number of rotatable bonds is 8. The van der Waals surface area contributed by atoms with Crippen LogP contribution in [0.4, 0.5) is 0 Å². The van der Waals surface area contributed by atoms with E-state index in [0.717, 1.165) is 28.3 Å². The molecule has 0 fully saturated rings. The van der Waals surface area contributed by atoms with Gasteiger partial charge in [0.2, 0.25) is 5.89 Å². The second kappa shape index (κ2) is 8.51. The van der Waals surface area contributed by atoms with Crippen LogP contribution in [-0.4, -0.2) is 34.6 Å². The van der Waals surface area contributed by atoms with E-state index in [4.69, 9.17) is 14.3 Å². The molecule has 1 N–H and O–H groups in total. The fraction of sp³-hybridized carbons (Fsp3) is 0.238. The number of aromatic nitrogens is 1. The van der Waals surface area contributed by atoms with E-state index >= 15 is 0 Å². The summed E-state index contributed by atoms with van der Waals surface area (Å²) in [4.78, 5) is 17.0. The minimum Gasteiger partial charge on any atom is -0.487 e. The van der Waals surface area contributed by atoms with Gasteiger partial charge in [0.1, 0.15) is 23.8 Å². The summed E-state index contributed by atoms with van der Waals surface area (Å²) in [6, 6.07) is 17.4. The Morgan fingerprint density at radius 1 is 1.15 bits per heavy atom. The summed E-state index contributed by atoms with van der Waals surface area (Å²) in [5, 5.41) is 8.81. The lowest BCUT2D eigenvalue weighted by Crippen LogP contribution is -2.25. The summed E-state index contributed by atoms with van der Waals surface area (Å²) in [7, 11) is 1.77. The number of ether oxygens (including phenoxy) is 1. The van der Waals surface area contributed by atoms with Gasteiger partial charge in [0, 0.05) is 12.1 Å². The highest BCUT2D eigenvalue weighted by Gasteiger charge is 2.12. The lowest BCUT2D eigenvalue weighted by atomic mass is 10.2. The predicted molar refractivity (Wildman–Crippen MR) is 101 cm³/mol. The van der Waals surface area contributed by atoms with Crippen LogP contribution in [0.3, 0.4) is 0 Å². The van der Waals surface area contributed by atoms with Crippen molar-refractivity contribution in [1.29, 1.82) is 0 Å². The molecule has 3 aromatic rings. The van der Waals surface area contributed by atoms with Crippen LogP contribution in [0.15, 0.2) is 59.0 Å². The molecular weight excluding hydrogens is 344 g/mol. The molecule has 0 bridgehead atoms. The molecule has 0 aliphatic heterocycles. The Labute approximate surface area is 158 Å². The van der Waals surface area contributed by atoms with Crippen molar-refractivity contribution < 1.29 is 19.1 Å². The number of carboxylic acid groups (broad SMARTS) is 1. The summed E-state index contributed by atoms with van der Waals surface area (Å²) in [5.74, 6) is 1.21. The van der Waals surface area contributed by atoms with Gasteiger partial charge in [-0.2, -0.15) is 0 Å². The average Bonchev–Trinajstić information content (AvgIpc) is 3.02. The average molecular weight is 366 g/mol. The Morgan fingerprint density at radius 3 is 2.52 bits per heavy atom. The van der Waals surface area contributed by atoms with Gasteiger partial charge in [-0.1, -0.05) is 30.3 Å².